The molecule has 2 aromatic heterocycles. The first-order valence-corrected chi connectivity index (χ1v) is 8.62. The molecule has 0 unspecified atom stereocenters. The smallest absolute Gasteiger partial charge is 0.234 e. The Hall–Kier alpha value is -2.28. The first-order valence-electron chi connectivity index (χ1n) is 8.62. The monoisotopic (exact) mass is 328 g/mol. The van der Waals surface area contributed by atoms with Gasteiger partial charge in [0, 0.05) is 30.9 Å². The van der Waals surface area contributed by atoms with E-state index in [2.05, 4.69) is 30.4 Å². The second-order valence-electron chi connectivity index (χ2n) is 6.14. The zero-order valence-electron chi connectivity index (χ0n) is 13.9. The van der Waals surface area contributed by atoms with Gasteiger partial charge in [-0.3, -0.25) is 19.8 Å². The first kappa shape index (κ1) is 16.6. The number of aromatic amines is 1. The summed E-state index contributed by atoms with van der Waals surface area (Å²) >= 11 is 0. The predicted molar refractivity (Wildman–Crippen MR) is 91.2 cm³/mol. The Morgan fingerprint density at radius 1 is 1.25 bits per heavy atom. The van der Waals surface area contributed by atoms with Crippen LogP contribution in [-0.4, -0.2) is 57.2 Å². The number of amides is 1. The quantitative estimate of drug-likeness (QED) is 0.837. The Labute approximate surface area is 141 Å². The van der Waals surface area contributed by atoms with Crippen molar-refractivity contribution in [1.29, 1.82) is 0 Å². The maximum absolute atomic E-state index is 12.0. The molecular weight excluding hydrogens is 304 g/mol. The molecule has 0 radical (unpaired) electrons. The fourth-order valence-corrected chi connectivity index (χ4v) is 2.90. The normalized spacial score (nSPS) is 15.8. The van der Waals surface area contributed by atoms with Crippen molar-refractivity contribution in [3.63, 3.8) is 0 Å². The lowest BCUT2D eigenvalue weighted by atomic mass is 10.2. The van der Waals surface area contributed by atoms with Crippen LogP contribution in [0.25, 0.3) is 11.4 Å². The van der Waals surface area contributed by atoms with Crippen molar-refractivity contribution in [1.82, 2.24) is 30.4 Å². The Bertz CT molecular complexity index is 634. The van der Waals surface area contributed by atoms with E-state index in [1.165, 1.54) is 25.7 Å². The summed E-state index contributed by atoms with van der Waals surface area (Å²) < 4.78 is 0. The van der Waals surface area contributed by atoms with Gasteiger partial charge in [0.1, 0.15) is 5.82 Å². The average Bonchev–Trinajstić information content (AvgIpc) is 2.93. The number of rotatable bonds is 6. The average molecular weight is 328 g/mol. The third kappa shape index (κ3) is 4.86. The Morgan fingerprint density at radius 3 is 2.83 bits per heavy atom. The van der Waals surface area contributed by atoms with Crippen molar-refractivity contribution < 1.29 is 4.79 Å². The van der Waals surface area contributed by atoms with Crippen LogP contribution < -0.4 is 5.32 Å². The summed E-state index contributed by atoms with van der Waals surface area (Å²) in [5.41, 5.74) is 0.880. The number of likely N-dealkylation sites (tertiary alicyclic amines) is 1. The molecule has 2 aromatic rings. The summed E-state index contributed by atoms with van der Waals surface area (Å²) in [7, 11) is 0. The van der Waals surface area contributed by atoms with E-state index in [0.717, 1.165) is 24.5 Å². The van der Waals surface area contributed by atoms with Crippen LogP contribution in [0.3, 0.4) is 0 Å². The molecule has 1 fully saturated rings. The minimum Gasteiger partial charge on any atom is -0.355 e. The van der Waals surface area contributed by atoms with Gasteiger partial charge in [0.25, 0.3) is 0 Å². The van der Waals surface area contributed by atoms with E-state index < -0.39 is 0 Å². The fraction of sp³-hybridized carbons (Fsp3) is 0.529. The molecule has 7 heteroatoms. The van der Waals surface area contributed by atoms with Gasteiger partial charge in [0.15, 0.2) is 5.82 Å². The highest BCUT2D eigenvalue weighted by molar-refractivity contribution is 5.78. The molecule has 7 nitrogen and oxygen atoms in total. The molecule has 1 aliphatic heterocycles. The van der Waals surface area contributed by atoms with Crippen LogP contribution in [-0.2, 0) is 11.2 Å². The molecule has 3 rings (SSSR count). The van der Waals surface area contributed by atoms with Crippen molar-refractivity contribution in [2.75, 3.05) is 26.2 Å². The molecule has 3 heterocycles. The highest BCUT2D eigenvalue weighted by Crippen LogP contribution is 2.12. The van der Waals surface area contributed by atoms with Gasteiger partial charge >= 0.3 is 0 Å². The van der Waals surface area contributed by atoms with E-state index in [1.807, 2.05) is 12.1 Å². The molecule has 0 saturated carbocycles. The number of nitrogens with zero attached hydrogens (tertiary/aromatic N) is 4. The van der Waals surface area contributed by atoms with Crippen molar-refractivity contribution >= 4 is 5.91 Å². The fourth-order valence-electron chi connectivity index (χ4n) is 2.90. The summed E-state index contributed by atoms with van der Waals surface area (Å²) in [5.74, 6) is 1.49. The molecule has 0 aromatic carbocycles. The zero-order chi connectivity index (χ0) is 16.6. The lowest BCUT2D eigenvalue weighted by molar-refractivity contribution is -0.122. The minimum atomic E-state index is 0.0869. The minimum absolute atomic E-state index is 0.0869. The molecule has 0 bridgehead atoms. The van der Waals surface area contributed by atoms with Crippen molar-refractivity contribution in [3.05, 3.63) is 30.4 Å². The SMILES string of the molecule is O=C(CN1CCCCCC1)NCCc1nc(-c2cccnc2)n[nH]1. The highest BCUT2D eigenvalue weighted by atomic mass is 16.2. The van der Waals surface area contributed by atoms with Gasteiger partial charge in [-0.05, 0) is 38.1 Å². The molecular formula is C17H24N6O. The molecule has 128 valence electrons. The van der Waals surface area contributed by atoms with Crippen LogP contribution in [0.15, 0.2) is 24.5 Å². The summed E-state index contributed by atoms with van der Waals surface area (Å²) in [5, 5.41) is 10.1. The number of hydrogen-bond donors (Lipinski definition) is 2. The van der Waals surface area contributed by atoms with Crippen LogP contribution >= 0.6 is 0 Å². The van der Waals surface area contributed by atoms with E-state index in [-0.39, 0.29) is 5.91 Å². The van der Waals surface area contributed by atoms with Gasteiger partial charge in [-0.25, -0.2) is 4.98 Å². The number of carbonyl (C=O) groups is 1. The molecule has 24 heavy (non-hydrogen) atoms. The van der Waals surface area contributed by atoms with Gasteiger partial charge in [0.05, 0.1) is 6.54 Å². The van der Waals surface area contributed by atoms with Gasteiger partial charge < -0.3 is 5.32 Å². The molecule has 1 saturated heterocycles. The summed E-state index contributed by atoms with van der Waals surface area (Å²) in [6, 6.07) is 3.78. The Balaban J connectivity index is 1.41. The van der Waals surface area contributed by atoms with Crippen molar-refractivity contribution in [3.8, 4) is 11.4 Å². The number of hydrogen-bond acceptors (Lipinski definition) is 5. The van der Waals surface area contributed by atoms with Crippen LogP contribution in [0, 0.1) is 0 Å². The van der Waals surface area contributed by atoms with E-state index in [4.69, 9.17) is 0 Å². The first-order chi connectivity index (χ1) is 11.8. The second-order valence-corrected chi connectivity index (χ2v) is 6.14. The Kier molecular flexibility index (Phi) is 5.90. The molecule has 0 aliphatic carbocycles. The van der Waals surface area contributed by atoms with Gasteiger partial charge in [0.2, 0.25) is 5.91 Å². The van der Waals surface area contributed by atoms with Gasteiger partial charge in [-0.2, -0.15) is 5.10 Å². The van der Waals surface area contributed by atoms with Gasteiger partial charge in [-0.15, -0.1) is 0 Å². The number of carbonyl (C=O) groups excluding carboxylic acids is 1. The van der Waals surface area contributed by atoms with Crippen LogP contribution in [0.4, 0.5) is 0 Å². The molecule has 1 amide bonds. The number of pyridine rings is 1. The maximum atomic E-state index is 12.0. The maximum Gasteiger partial charge on any atom is 0.234 e. The number of aromatic nitrogens is 4. The summed E-state index contributed by atoms with van der Waals surface area (Å²) in [6.07, 6.45) is 9.04. The number of nitrogens with one attached hydrogen (secondary N) is 2. The van der Waals surface area contributed by atoms with Crippen LogP contribution in [0.2, 0.25) is 0 Å². The molecule has 2 N–H and O–H groups in total. The third-order valence-corrected chi connectivity index (χ3v) is 4.20. The zero-order valence-corrected chi connectivity index (χ0v) is 13.9. The van der Waals surface area contributed by atoms with E-state index in [1.54, 1.807) is 12.4 Å². The topological polar surface area (TPSA) is 86.8 Å². The van der Waals surface area contributed by atoms with E-state index >= 15 is 0 Å². The van der Waals surface area contributed by atoms with E-state index in [0.29, 0.717) is 25.3 Å². The van der Waals surface area contributed by atoms with Crippen LogP contribution in [0.1, 0.15) is 31.5 Å². The molecule has 0 spiro atoms. The second kappa shape index (κ2) is 8.54. The lowest BCUT2D eigenvalue weighted by Crippen LogP contribution is -2.38. The van der Waals surface area contributed by atoms with Crippen molar-refractivity contribution in [2.45, 2.75) is 32.1 Å². The van der Waals surface area contributed by atoms with Crippen LogP contribution in [0.5, 0.6) is 0 Å². The van der Waals surface area contributed by atoms with Crippen molar-refractivity contribution in [2.24, 2.45) is 0 Å². The summed E-state index contributed by atoms with van der Waals surface area (Å²) in [4.78, 5) is 22.8. The summed E-state index contributed by atoms with van der Waals surface area (Å²) in [6.45, 7) is 3.12. The molecule has 1 aliphatic rings. The standard InChI is InChI=1S/C17H24N6O/c24-16(13-23-10-3-1-2-4-11-23)19-9-7-15-20-17(22-21-15)14-6-5-8-18-12-14/h5-6,8,12H,1-4,7,9-11,13H2,(H,19,24)(H,20,21,22). The third-order valence-electron chi connectivity index (χ3n) is 4.20. The van der Waals surface area contributed by atoms with Gasteiger partial charge in [-0.1, -0.05) is 12.8 Å². The predicted octanol–water partition coefficient (Wildman–Crippen LogP) is 1.40. The lowest BCUT2D eigenvalue weighted by Gasteiger charge is -2.18. The Morgan fingerprint density at radius 2 is 2.08 bits per heavy atom. The highest BCUT2D eigenvalue weighted by Gasteiger charge is 2.13. The largest absolute Gasteiger partial charge is 0.355 e. The number of H-pyrrole nitrogens is 1. The van der Waals surface area contributed by atoms with E-state index in [9.17, 15) is 4.79 Å². The molecule has 0 atom stereocenters.